The standard InChI is InChI=1S/C17H12ClF4N5O3S/c1-25-3-4-31-15(25)24-14(29)23-10-6-11(9(19)5-8(10)18)27-13(28)7-12(17(20,21)22)26(2)16(27)30/h3-7H,1-2H3,(H,23,29)/b24-15+. The van der Waals surface area contributed by atoms with E-state index in [0.29, 0.717) is 10.9 Å². The third kappa shape index (κ3) is 4.46. The number of amides is 2. The fourth-order valence-electron chi connectivity index (χ4n) is 2.59. The highest BCUT2D eigenvalue weighted by molar-refractivity contribution is 7.07. The van der Waals surface area contributed by atoms with Crippen LogP contribution in [0.5, 0.6) is 0 Å². The largest absolute Gasteiger partial charge is 0.431 e. The SMILES string of the molecule is Cn1c(C(F)(F)F)cc(=O)n(-c2cc(NC(=O)/N=c3/sccn3C)c(Cl)cc2F)c1=O. The molecule has 2 heterocycles. The lowest BCUT2D eigenvalue weighted by atomic mass is 10.2. The lowest BCUT2D eigenvalue weighted by molar-refractivity contribution is -0.144. The highest BCUT2D eigenvalue weighted by Crippen LogP contribution is 2.29. The summed E-state index contributed by atoms with van der Waals surface area (Å²) in [5.41, 5.74) is -5.25. The number of aryl methyl sites for hydroxylation is 1. The molecule has 1 N–H and O–H groups in total. The van der Waals surface area contributed by atoms with Crippen LogP contribution in [0.15, 0.2) is 44.4 Å². The predicted octanol–water partition coefficient (Wildman–Crippen LogP) is 2.88. The number of anilines is 1. The van der Waals surface area contributed by atoms with Crippen molar-refractivity contribution in [3.63, 3.8) is 0 Å². The van der Waals surface area contributed by atoms with Gasteiger partial charge in [0.25, 0.3) is 5.56 Å². The Bertz CT molecular complexity index is 1370. The summed E-state index contributed by atoms with van der Waals surface area (Å²) in [6.07, 6.45) is -3.31. The number of thiazole rings is 1. The maximum Gasteiger partial charge on any atom is 0.431 e. The van der Waals surface area contributed by atoms with Crippen LogP contribution < -0.4 is 21.4 Å². The molecule has 0 radical (unpaired) electrons. The quantitative estimate of drug-likeness (QED) is 0.575. The fourth-order valence-corrected chi connectivity index (χ4v) is 3.51. The zero-order valence-electron chi connectivity index (χ0n) is 15.7. The first-order valence-corrected chi connectivity index (χ1v) is 9.51. The maximum absolute atomic E-state index is 14.5. The van der Waals surface area contributed by atoms with Crippen molar-refractivity contribution in [2.75, 3.05) is 5.32 Å². The molecule has 0 aliphatic rings. The van der Waals surface area contributed by atoms with Crippen molar-refractivity contribution < 1.29 is 22.4 Å². The van der Waals surface area contributed by atoms with Gasteiger partial charge in [-0.05, 0) is 12.1 Å². The lowest BCUT2D eigenvalue weighted by Crippen LogP contribution is -2.41. The Morgan fingerprint density at radius 3 is 2.45 bits per heavy atom. The third-order valence-electron chi connectivity index (χ3n) is 4.09. The molecule has 0 saturated heterocycles. The van der Waals surface area contributed by atoms with Crippen LogP contribution >= 0.6 is 22.9 Å². The molecule has 2 aromatic heterocycles. The Morgan fingerprint density at radius 2 is 1.87 bits per heavy atom. The second kappa shape index (κ2) is 8.15. The summed E-state index contributed by atoms with van der Waals surface area (Å²) in [4.78, 5) is 40.9. The second-order valence-electron chi connectivity index (χ2n) is 6.16. The van der Waals surface area contributed by atoms with Gasteiger partial charge in [-0.3, -0.25) is 9.36 Å². The number of benzene rings is 1. The predicted molar refractivity (Wildman–Crippen MR) is 105 cm³/mol. The average molecular weight is 478 g/mol. The van der Waals surface area contributed by atoms with Crippen LogP contribution in [0, 0.1) is 5.82 Å². The van der Waals surface area contributed by atoms with Crippen LogP contribution in [0.4, 0.5) is 28.0 Å². The molecule has 2 amide bonds. The van der Waals surface area contributed by atoms with Crippen molar-refractivity contribution in [3.05, 3.63) is 71.9 Å². The molecule has 8 nitrogen and oxygen atoms in total. The molecule has 0 fully saturated rings. The van der Waals surface area contributed by atoms with Gasteiger partial charge in [0.15, 0.2) is 4.80 Å². The molecule has 0 spiro atoms. The van der Waals surface area contributed by atoms with Crippen molar-refractivity contribution in [1.29, 1.82) is 0 Å². The van der Waals surface area contributed by atoms with Crippen LogP contribution in [0.2, 0.25) is 5.02 Å². The fraction of sp³-hybridized carbons (Fsp3) is 0.176. The Hall–Kier alpha value is -3.19. The number of aromatic nitrogens is 3. The normalized spacial score (nSPS) is 12.3. The van der Waals surface area contributed by atoms with Gasteiger partial charge < -0.3 is 9.88 Å². The Balaban J connectivity index is 2.12. The minimum absolute atomic E-state index is 0.166. The van der Waals surface area contributed by atoms with Gasteiger partial charge in [-0.1, -0.05) is 11.6 Å². The summed E-state index contributed by atoms with van der Waals surface area (Å²) in [7, 11) is 2.44. The van der Waals surface area contributed by atoms with E-state index in [2.05, 4.69) is 10.3 Å². The molecule has 31 heavy (non-hydrogen) atoms. The number of carbonyl (C=O) groups excluding carboxylic acids is 1. The summed E-state index contributed by atoms with van der Waals surface area (Å²) in [5.74, 6) is -1.16. The van der Waals surface area contributed by atoms with E-state index < -0.39 is 40.7 Å². The van der Waals surface area contributed by atoms with Crippen molar-refractivity contribution in [1.82, 2.24) is 13.7 Å². The molecule has 0 atom stereocenters. The van der Waals surface area contributed by atoms with E-state index in [1.807, 2.05) is 0 Å². The van der Waals surface area contributed by atoms with E-state index in [9.17, 15) is 31.9 Å². The van der Waals surface area contributed by atoms with Crippen LogP contribution in [0.3, 0.4) is 0 Å². The average Bonchev–Trinajstić information content (AvgIpc) is 3.05. The zero-order valence-corrected chi connectivity index (χ0v) is 17.3. The van der Waals surface area contributed by atoms with Gasteiger partial charge in [0.05, 0.1) is 16.4 Å². The van der Waals surface area contributed by atoms with E-state index in [1.165, 1.54) is 0 Å². The van der Waals surface area contributed by atoms with Gasteiger partial charge in [0.1, 0.15) is 11.5 Å². The summed E-state index contributed by atoms with van der Waals surface area (Å²) < 4.78 is 55.4. The van der Waals surface area contributed by atoms with Gasteiger partial charge in [0.2, 0.25) is 0 Å². The number of urea groups is 1. The summed E-state index contributed by atoms with van der Waals surface area (Å²) in [5, 5.41) is 3.69. The Labute approximate surface area is 179 Å². The highest BCUT2D eigenvalue weighted by Gasteiger charge is 2.35. The first-order valence-electron chi connectivity index (χ1n) is 8.25. The van der Waals surface area contributed by atoms with E-state index in [4.69, 9.17) is 11.6 Å². The van der Waals surface area contributed by atoms with Crippen molar-refractivity contribution in [3.8, 4) is 5.69 Å². The zero-order chi connectivity index (χ0) is 23.1. The number of hydrogen-bond acceptors (Lipinski definition) is 4. The molecule has 0 saturated carbocycles. The van der Waals surface area contributed by atoms with Crippen molar-refractivity contribution in [2.45, 2.75) is 6.18 Å². The van der Waals surface area contributed by atoms with E-state index in [1.54, 1.807) is 23.2 Å². The van der Waals surface area contributed by atoms with E-state index in [0.717, 1.165) is 24.5 Å². The molecule has 1 aromatic carbocycles. The molecule has 0 bridgehead atoms. The number of alkyl halides is 3. The maximum atomic E-state index is 14.5. The minimum atomic E-state index is -4.97. The van der Waals surface area contributed by atoms with Gasteiger partial charge >= 0.3 is 17.9 Å². The minimum Gasteiger partial charge on any atom is -0.327 e. The molecule has 0 aliphatic carbocycles. The van der Waals surface area contributed by atoms with E-state index in [-0.39, 0.29) is 25.9 Å². The monoisotopic (exact) mass is 477 g/mol. The van der Waals surface area contributed by atoms with Gasteiger partial charge in [-0.25, -0.2) is 18.5 Å². The van der Waals surface area contributed by atoms with Gasteiger partial charge in [-0.15, -0.1) is 11.3 Å². The van der Waals surface area contributed by atoms with Crippen molar-refractivity contribution >= 4 is 34.7 Å². The van der Waals surface area contributed by atoms with Crippen molar-refractivity contribution in [2.24, 2.45) is 19.1 Å². The van der Waals surface area contributed by atoms with Gasteiger partial charge in [0, 0.05) is 31.7 Å². The first-order chi connectivity index (χ1) is 14.4. The number of hydrogen-bond donors (Lipinski definition) is 1. The third-order valence-corrected chi connectivity index (χ3v) is 5.25. The van der Waals surface area contributed by atoms with E-state index >= 15 is 0 Å². The Kier molecular flexibility index (Phi) is 5.91. The topological polar surface area (TPSA) is 90.4 Å². The number of carbonyl (C=O) groups is 1. The number of rotatable bonds is 2. The molecule has 0 unspecified atom stereocenters. The summed E-state index contributed by atoms with van der Waals surface area (Å²) >= 11 is 7.09. The van der Waals surface area contributed by atoms with Crippen LogP contribution in [-0.2, 0) is 20.3 Å². The molecular formula is C17H12ClF4N5O3S. The second-order valence-corrected chi connectivity index (χ2v) is 7.44. The Morgan fingerprint density at radius 1 is 1.19 bits per heavy atom. The molecule has 3 rings (SSSR count). The molecule has 14 heteroatoms. The highest BCUT2D eigenvalue weighted by atomic mass is 35.5. The van der Waals surface area contributed by atoms with Crippen LogP contribution in [0.25, 0.3) is 5.69 Å². The number of nitrogens with one attached hydrogen (secondary N) is 1. The smallest absolute Gasteiger partial charge is 0.327 e. The lowest BCUT2D eigenvalue weighted by Gasteiger charge is -2.15. The number of nitrogens with zero attached hydrogens (tertiary/aromatic N) is 4. The molecule has 3 aromatic rings. The first kappa shape index (κ1) is 22.5. The van der Waals surface area contributed by atoms with Crippen LogP contribution in [-0.4, -0.2) is 19.7 Å². The number of halogens is 5. The molecule has 164 valence electrons. The van der Waals surface area contributed by atoms with Crippen LogP contribution in [0.1, 0.15) is 5.69 Å². The van der Waals surface area contributed by atoms with Gasteiger partial charge in [-0.2, -0.15) is 18.2 Å². The molecular weight excluding hydrogens is 466 g/mol. The summed E-state index contributed by atoms with van der Waals surface area (Å²) in [6.45, 7) is 0. The summed E-state index contributed by atoms with van der Waals surface area (Å²) in [6, 6.07) is 0.849. The molecule has 0 aliphatic heterocycles.